The van der Waals surface area contributed by atoms with Gasteiger partial charge in [0.2, 0.25) is 5.96 Å². The molecule has 0 saturated carbocycles. The van der Waals surface area contributed by atoms with Crippen molar-refractivity contribution in [3.63, 3.8) is 0 Å². The lowest BCUT2D eigenvalue weighted by Crippen LogP contribution is -2.36. The molecule has 1 aromatic heterocycles. The van der Waals surface area contributed by atoms with Crippen LogP contribution in [0.3, 0.4) is 0 Å². The van der Waals surface area contributed by atoms with Gasteiger partial charge in [0.25, 0.3) is 10.0 Å². The standard InChI is InChI=1S/C13H21F3N8O2S2/c1-18-11(24-28(2,25)26)19-5-3-7-27-12-20-6-4-9(23-12)22-10(17)21-8-13(14,15)16/h4,6H,3,5,7-8H2,1-2H3,(H2,18,19,24)(H3,17,20,21,22,23). The Morgan fingerprint density at radius 1 is 1.39 bits per heavy atom. The molecule has 28 heavy (non-hydrogen) atoms. The summed E-state index contributed by atoms with van der Waals surface area (Å²) in [7, 11) is -1.96. The maximum atomic E-state index is 12.1. The van der Waals surface area contributed by atoms with E-state index in [0.29, 0.717) is 23.9 Å². The molecule has 10 nitrogen and oxygen atoms in total. The Bertz CT molecular complexity index is 799. The van der Waals surface area contributed by atoms with E-state index in [2.05, 4.69) is 35.3 Å². The smallest absolute Gasteiger partial charge is 0.370 e. The minimum Gasteiger partial charge on any atom is -0.370 e. The molecule has 0 saturated heterocycles. The fourth-order valence-corrected chi connectivity index (χ4v) is 2.86. The number of alkyl halides is 3. The predicted octanol–water partition coefficient (Wildman–Crippen LogP) is 0.372. The van der Waals surface area contributed by atoms with Crippen LogP contribution in [0.15, 0.2) is 26.8 Å². The predicted molar refractivity (Wildman–Crippen MR) is 103 cm³/mol. The van der Waals surface area contributed by atoms with E-state index in [-0.39, 0.29) is 11.8 Å². The van der Waals surface area contributed by atoms with Gasteiger partial charge in [0.05, 0.1) is 6.26 Å². The molecule has 0 amide bonds. The van der Waals surface area contributed by atoms with Crippen LogP contribution in [0.5, 0.6) is 0 Å². The number of anilines is 1. The van der Waals surface area contributed by atoms with E-state index in [1.807, 2.05) is 0 Å². The summed E-state index contributed by atoms with van der Waals surface area (Å²) in [6.07, 6.45) is -1.37. The number of halogens is 3. The molecule has 0 bridgehead atoms. The highest BCUT2D eigenvalue weighted by Gasteiger charge is 2.26. The lowest BCUT2D eigenvalue weighted by atomic mass is 10.5. The molecule has 5 N–H and O–H groups in total. The molecule has 0 aliphatic carbocycles. The van der Waals surface area contributed by atoms with Crippen LogP contribution < -0.4 is 21.7 Å². The van der Waals surface area contributed by atoms with Crippen molar-refractivity contribution in [2.75, 3.05) is 37.5 Å². The number of rotatable bonds is 8. The van der Waals surface area contributed by atoms with Crippen molar-refractivity contribution in [3.05, 3.63) is 12.3 Å². The molecule has 0 aliphatic rings. The van der Waals surface area contributed by atoms with E-state index < -0.39 is 28.7 Å². The highest BCUT2D eigenvalue weighted by Crippen LogP contribution is 2.16. The molecule has 0 atom stereocenters. The molecule has 0 radical (unpaired) electrons. The molecule has 1 aromatic rings. The zero-order valence-electron chi connectivity index (χ0n) is 15.1. The highest BCUT2D eigenvalue weighted by atomic mass is 32.2. The summed E-state index contributed by atoms with van der Waals surface area (Å²) < 4.78 is 62.0. The van der Waals surface area contributed by atoms with Crippen LogP contribution in [0.4, 0.5) is 19.0 Å². The van der Waals surface area contributed by atoms with Crippen molar-refractivity contribution in [2.45, 2.75) is 17.8 Å². The molecule has 1 heterocycles. The first-order chi connectivity index (χ1) is 13.0. The first-order valence-corrected chi connectivity index (χ1v) is 10.6. The Morgan fingerprint density at radius 3 is 2.71 bits per heavy atom. The molecule has 0 aromatic carbocycles. The summed E-state index contributed by atoms with van der Waals surface area (Å²) in [5, 5.41) is 8.35. The Hall–Kier alpha value is -2.29. The Kier molecular flexibility index (Phi) is 9.24. The fourth-order valence-electron chi connectivity index (χ4n) is 1.60. The number of nitrogens with two attached hydrogens (primary N) is 1. The fraction of sp³-hybridized carbons (Fsp3) is 0.538. The molecular weight excluding hydrogens is 421 g/mol. The molecule has 0 unspecified atom stereocenters. The number of aliphatic imine (C=N–C) groups is 1. The zero-order valence-corrected chi connectivity index (χ0v) is 16.7. The highest BCUT2D eigenvalue weighted by molar-refractivity contribution is 7.99. The first kappa shape index (κ1) is 23.7. The minimum atomic E-state index is -4.44. The maximum absolute atomic E-state index is 12.1. The third kappa shape index (κ3) is 11.4. The van der Waals surface area contributed by atoms with Crippen LogP contribution in [0.1, 0.15) is 6.42 Å². The SMILES string of the molecule is CN/C(=N/S(C)(=O)=O)NCCCSc1nccc(N/C(N)=N\CC(F)(F)F)n1. The van der Waals surface area contributed by atoms with Crippen LogP contribution >= 0.6 is 11.8 Å². The van der Waals surface area contributed by atoms with Crippen molar-refractivity contribution in [1.29, 1.82) is 0 Å². The number of nitrogens with zero attached hydrogens (tertiary/aromatic N) is 4. The topological polar surface area (TPSA) is 147 Å². The Labute approximate surface area is 164 Å². The normalized spacial score (nSPS) is 13.3. The van der Waals surface area contributed by atoms with Crippen LogP contribution in [0.2, 0.25) is 0 Å². The van der Waals surface area contributed by atoms with Crippen molar-refractivity contribution < 1.29 is 21.6 Å². The van der Waals surface area contributed by atoms with Crippen molar-refractivity contribution >= 4 is 39.5 Å². The number of guanidine groups is 2. The van der Waals surface area contributed by atoms with Crippen molar-refractivity contribution in [3.8, 4) is 0 Å². The number of thioether (sulfide) groups is 1. The average Bonchev–Trinajstić information content (AvgIpc) is 2.57. The maximum Gasteiger partial charge on any atom is 0.408 e. The van der Waals surface area contributed by atoms with Gasteiger partial charge < -0.3 is 21.7 Å². The summed E-state index contributed by atoms with van der Waals surface area (Å²) in [5.74, 6) is 0.561. The lowest BCUT2D eigenvalue weighted by molar-refractivity contribution is -0.118. The van der Waals surface area contributed by atoms with Gasteiger partial charge in [-0.2, -0.15) is 13.2 Å². The second-order valence-corrected chi connectivity index (χ2v) is 7.93. The molecule has 15 heteroatoms. The van der Waals surface area contributed by atoms with Crippen LogP contribution in [-0.2, 0) is 10.0 Å². The third-order valence-electron chi connectivity index (χ3n) is 2.66. The van der Waals surface area contributed by atoms with Crippen LogP contribution in [0.25, 0.3) is 0 Å². The third-order valence-corrected chi connectivity index (χ3v) is 4.12. The quantitative estimate of drug-likeness (QED) is 0.147. The van der Waals surface area contributed by atoms with Gasteiger partial charge >= 0.3 is 6.18 Å². The van der Waals surface area contributed by atoms with Gasteiger partial charge in [-0.3, -0.25) is 0 Å². The molecule has 0 fully saturated rings. The molecule has 0 spiro atoms. The van der Waals surface area contributed by atoms with E-state index in [9.17, 15) is 21.6 Å². The van der Waals surface area contributed by atoms with E-state index in [4.69, 9.17) is 5.73 Å². The number of aromatic nitrogens is 2. The van der Waals surface area contributed by atoms with Gasteiger partial charge in [0.15, 0.2) is 11.1 Å². The summed E-state index contributed by atoms with van der Waals surface area (Å²) in [4.78, 5) is 11.3. The van der Waals surface area contributed by atoms with Gasteiger partial charge in [-0.15, -0.1) is 4.40 Å². The van der Waals surface area contributed by atoms with Gasteiger partial charge in [0.1, 0.15) is 12.4 Å². The Morgan fingerprint density at radius 2 is 2.11 bits per heavy atom. The molecular formula is C13H21F3N8O2S2. The molecule has 1 rings (SSSR count). The number of hydrogen-bond acceptors (Lipinski definition) is 6. The number of nitrogens with one attached hydrogen (secondary N) is 3. The van der Waals surface area contributed by atoms with E-state index in [1.165, 1.54) is 24.0 Å². The molecule has 158 valence electrons. The summed E-state index contributed by atoms with van der Waals surface area (Å²) in [6, 6.07) is 1.45. The second-order valence-electron chi connectivity index (χ2n) is 5.22. The minimum absolute atomic E-state index is 0.142. The Balaban J connectivity index is 2.46. The molecule has 0 aliphatic heterocycles. The van der Waals surface area contributed by atoms with E-state index in [1.54, 1.807) is 7.05 Å². The van der Waals surface area contributed by atoms with Crippen molar-refractivity contribution in [1.82, 2.24) is 20.6 Å². The van der Waals surface area contributed by atoms with Crippen LogP contribution in [-0.4, -0.2) is 68.6 Å². The van der Waals surface area contributed by atoms with Crippen molar-refractivity contribution in [2.24, 2.45) is 15.1 Å². The largest absolute Gasteiger partial charge is 0.408 e. The number of sulfonamides is 1. The van der Waals surface area contributed by atoms with Gasteiger partial charge in [0, 0.05) is 25.5 Å². The lowest BCUT2D eigenvalue weighted by Gasteiger charge is -2.09. The zero-order chi connectivity index (χ0) is 21.2. The van der Waals surface area contributed by atoms with Gasteiger partial charge in [-0.05, 0) is 12.5 Å². The second kappa shape index (κ2) is 10.9. The van der Waals surface area contributed by atoms with Gasteiger partial charge in [-0.1, -0.05) is 11.8 Å². The summed E-state index contributed by atoms with van der Waals surface area (Å²) >= 11 is 1.31. The van der Waals surface area contributed by atoms with Crippen LogP contribution in [0, 0.1) is 0 Å². The van der Waals surface area contributed by atoms with E-state index in [0.717, 1.165) is 6.26 Å². The summed E-state index contributed by atoms with van der Waals surface area (Å²) in [5.41, 5.74) is 5.39. The first-order valence-electron chi connectivity index (χ1n) is 7.79. The monoisotopic (exact) mass is 442 g/mol. The van der Waals surface area contributed by atoms with Gasteiger partial charge in [-0.25, -0.2) is 23.4 Å². The van der Waals surface area contributed by atoms with E-state index >= 15 is 0 Å². The number of hydrogen-bond donors (Lipinski definition) is 4. The summed E-state index contributed by atoms with van der Waals surface area (Å²) in [6.45, 7) is -0.931. The average molecular weight is 442 g/mol.